The standard InChI is InChI=1S/C12H17N5O/c1-9(2)18-11-6-15-17(8-11)7-10-4-5-14-12(13-3)16-10/h4-6,8-9H,7H2,1-3H3,(H,13,14,16). The van der Waals surface area contributed by atoms with E-state index in [1.54, 1.807) is 24.1 Å². The van der Waals surface area contributed by atoms with Crippen LogP contribution in [0.3, 0.4) is 0 Å². The Kier molecular flexibility index (Phi) is 3.76. The summed E-state index contributed by atoms with van der Waals surface area (Å²) in [6.07, 6.45) is 5.45. The van der Waals surface area contributed by atoms with Crippen LogP contribution in [0.5, 0.6) is 5.75 Å². The predicted octanol–water partition coefficient (Wildman–Crippen LogP) is 1.55. The molecule has 0 aliphatic rings. The van der Waals surface area contributed by atoms with E-state index in [2.05, 4.69) is 20.4 Å². The van der Waals surface area contributed by atoms with E-state index in [4.69, 9.17) is 4.74 Å². The van der Waals surface area contributed by atoms with Gasteiger partial charge in [-0.2, -0.15) is 5.10 Å². The second-order valence-electron chi connectivity index (χ2n) is 4.16. The van der Waals surface area contributed by atoms with Gasteiger partial charge in [0.2, 0.25) is 5.95 Å². The normalized spacial score (nSPS) is 10.7. The summed E-state index contributed by atoms with van der Waals surface area (Å²) in [5, 5.41) is 7.14. The molecule has 0 atom stereocenters. The molecule has 0 aliphatic carbocycles. The summed E-state index contributed by atoms with van der Waals surface area (Å²) < 4.78 is 7.34. The molecular weight excluding hydrogens is 230 g/mol. The summed E-state index contributed by atoms with van der Waals surface area (Å²) in [5.41, 5.74) is 0.897. The topological polar surface area (TPSA) is 64.9 Å². The van der Waals surface area contributed by atoms with Crippen LogP contribution < -0.4 is 10.1 Å². The number of aromatic nitrogens is 4. The van der Waals surface area contributed by atoms with Gasteiger partial charge in [0.15, 0.2) is 5.75 Å². The van der Waals surface area contributed by atoms with Crippen LogP contribution in [0.1, 0.15) is 19.5 Å². The number of hydrogen-bond donors (Lipinski definition) is 1. The molecule has 1 N–H and O–H groups in total. The molecule has 96 valence electrons. The Balaban J connectivity index is 2.06. The lowest BCUT2D eigenvalue weighted by atomic mass is 10.4. The van der Waals surface area contributed by atoms with Crippen molar-refractivity contribution in [3.8, 4) is 5.75 Å². The molecule has 0 fully saturated rings. The highest BCUT2D eigenvalue weighted by molar-refractivity contribution is 5.23. The van der Waals surface area contributed by atoms with Crippen molar-refractivity contribution < 1.29 is 4.74 Å². The van der Waals surface area contributed by atoms with Gasteiger partial charge < -0.3 is 10.1 Å². The largest absolute Gasteiger partial charge is 0.488 e. The van der Waals surface area contributed by atoms with Crippen LogP contribution in [0.4, 0.5) is 5.95 Å². The number of rotatable bonds is 5. The third-order valence-electron chi connectivity index (χ3n) is 2.24. The third kappa shape index (κ3) is 3.19. The van der Waals surface area contributed by atoms with E-state index < -0.39 is 0 Å². The van der Waals surface area contributed by atoms with Crippen LogP contribution in [0, 0.1) is 0 Å². The molecule has 0 aromatic carbocycles. The van der Waals surface area contributed by atoms with Crippen LogP contribution in [0.25, 0.3) is 0 Å². The zero-order valence-electron chi connectivity index (χ0n) is 10.8. The monoisotopic (exact) mass is 247 g/mol. The molecule has 2 aromatic rings. The molecule has 0 saturated carbocycles. The molecule has 0 amide bonds. The van der Waals surface area contributed by atoms with E-state index in [0.29, 0.717) is 12.5 Å². The Labute approximate surface area is 106 Å². The molecule has 0 spiro atoms. The highest BCUT2D eigenvalue weighted by atomic mass is 16.5. The van der Waals surface area contributed by atoms with Crippen molar-refractivity contribution in [1.82, 2.24) is 19.7 Å². The Morgan fingerprint density at radius 2 is 2.28 bits per heavy atom. The van der Waals surface area contributed by atoms with Gasteiger partial charge in [-0.3, -0.25) is 4.68 Å². The average molecular weight is 247 g/mol. The number of ether oxygens (including phenoxy) is 1. The Morgan fingerprint density at radius 3 is 3.00 bits per heavy atom. The second kappa shape index (κ2) is 5.48. The minimum atomic E-state index is 0.151. The molecule has 6 heteroatoms. The van der Waals surface area contributed by atoms with Crippen molar-refractivity contribution in [3.05, 3.63) is 30.4 Å². The Morgan fingerprint density at radius 1 is 1.44 bits per heavy atom. The molecule has 0 radical (unpaired) electrons. The lowest BCUT2D eigenvalue weighted by Crippen LogP contribution is -2.06. The van der Waals surface area contributed by atoms with Crippen molar-refractivity contribution in [3.63, 3.8) is 0 Å². The van der Waals surface area contributed by atoms with Crippen LogP contribution in [0.15, 0.2) is 24.7 Å². The Bertz CT molecular complexity index is 509. The van der Waals surface area contributed by atoms with Crippen molar-refractivity contribution in [1.29, 1.82) is 0 Å². The fraction of sp³-hybridized carbons (Fsp3) is 0.417. The van der Waals surface area contributed by atoms with Crippen molar-refractivity contribution in [2.24, 2.45) is 0 Å². The molecular formula is C12H17N5O. The smallest absolute Gasteiger partial charge is 0.222 e. The summed E-state index contributed by atoms with van der Waals surface area (Å²) in [4.78, 5) is 8.40. The Hall–Kier alpha value is -2.11. The quantitative estimate of drug-likeness (QED) is 0.868. The first kappa shape index (κ1) is 12.3. The van der Waals surface area contributed by atoms with Crippen molar-refractivity contribution >= 4 is 5.95 Å². The zero-order chi connectivity index (χ0) is 13.0. The molecule has 18 heavy (non-hydrogen) atoms. The molecule has 2 heterocycles. The van der Waals surface area contributed by atoms with E-state index in [9.17, 15) is 0 Å². The second-order valence-corrected chi connectivity index (χ2v) is 4.16. The van der Waals surface area contributed by atoms with E-state index in [1.165, 1.54) is 0 Å². The number of nitrogens with one attached hydrogen (secondary N) is 1. The maximum atomic E-state index is 5.55. The maximum absolute atomic E-state index is 5.55. The van der Waals surface area contributed by atoms with Crippen molar-refractivity contribution in [2.75, 3.05) is 12.4 Å². The van der Waals surface area contributed by atoms with Crippen LogP contribution in [-0.2, 0) is 6.54 Å². The van der Waals surface area contributed by atoms with E-state index in [0.717, 1.165) is 11.4 Å². The number of hydrogen-bond acceptors (Lipinski definition) is 5. The van der Waals surface area contributed by atoms with Crippen LogP contribution in [0.2, 0.25) is 0 Å². The summed E-state index contributed by atoms with van der Waals surface area (Å²) in [7, 11) is 1.79. The first-order chi connectivity index (χ1) is 8.67. The van der Waals surface area contributed by atoms with Gasteiger partial charge >= 0.3 is 0 Å². The van der Waals surface area contributed by atoms with Gasteiger partial charge in [0, 0.05) is 13.2 Å². The molecule has 0 unspecified atom stereocenters. The summed E-state index contributed by atoms with van der Waals surface area (Å²) >= 11 is 0. The average Bonchev–Trinajstić information content (AvgIpc) is 2.76. The number of anilines is 1. The van der Waals surface area contributed by atoms with Gasteiger partial charge in [-0.05, 0) is 19.9 Å². The van der Waals surface area contributed by atoms with Gasteiger partial charge in [-0.25, -0.2) is 9.97 Å². The fourth-order valence-electron chi connectivity index (χ4n) is 1.53. The third-order valence-corrected chi connectivity index (χ3v) is 2.24. The first-order valence-corrected chi connectivity index (χ1v) is 5.86. The summed E-state index contributed by atoms with van der Waals surface area (Å²) in [6.45, 7) is 4.57. The van der Waals surface area contributed by atoms with E-state index in [-0.39, 0.29) is 6.10 Å². The summed E-state index contributed by atoms with van der Waals surface area (Å²) in [5.74, 6) is 1.38. The SMILES string of the molecule is CNc1nccc(Cn2cc(OC(C)C)cn2)n1. The highest BCUT2D eigenvalue weighted by Gasteiger charge is 2.04. The molecule has 6 nitrogen and oxygen atoms in total. The lowest BCUT2D eigenvalue weighted by molar-refractivity contribution is 0.242. The molecule has 0 bridgehead atoms. The fourth-order valence-corrected chi connectivity index (χ4v) is 1.53. The lowest BCUT2D eigenvalue weighted by Gasteiger charge is -2.05. The van der Waals surface area contributed by atoms with Gasteiger partial charge in [-0.15, -0.1) is 0 Å². The van der Waals surface area contributed by atoms with Crippen molar-refractivity contribution in [2.45, 2.75) is 26.5 Å². The first-order valence-electron chi connectivity index (χ1n) is 5.86. The number of nitrogens with zero attached hydrogens (tertiary/aromatic N) is 4. The molecule has 0 aliphatic heterocycles. The minimum Gasteiger partial charge on any atom is -0.488 e. The molecule has 2 aromatic heterocycles. The minimum absolute atomic E-state index is 0.151. The molecule has 2 rings (SSSR count). The predicted molar refractivity (Wildman–Crippen MR) is 68.7 cm³/mol. The van der Waals surface area contributed by atoms with Gasteiger partial charge in [0.25, 0.3) is 0 Å². The zero-order valence-corrected chi connectivity index (χ0v) is 10.8. The maximum Gasteiger partial charge on any atom is 0.222 e. The van der Waals surface area contributed by atoms with Crippen LogP contribution >= 0.6 is 0 Å². The van der Waals surface area contributed by atoms with Gasteiger partial charge in [0.1, 0.15) is 0 Å². The van der Waals surface area contributed by atoms with Gasteiger partial charge in [-0.1, -0.05) is 0 Å². The molecule has 0 saturated heterocycles. The highest BCUT2D eigenvalue weighted by Crippen LogP contribution is 2.11. The van der Waals surface area contributed by atoms with Gasteiger partial charge in [0.05, 0.1) is 30.7 Å². The van der Waals surface area contributed by atoms with E-state index in [1.807, 2.05) is 26.1 Å². The van der Waals surface area contributed by atoms with Crippen LogP contribution in [-0.4, -0.2) is 32.9 Å². The van der Waals surface area contributed by atoms with E-state index >= 15 is 0 Å². The summed E-state index contributed by atoms with van der Waals surface area (Å²) in [6, 6.07) is 1.87.